The first-order chi connectivity index (χ1) is 12.7. The Labute approximate surface area is 153 Å². The molecule has 2 aromatic carbocycles. The van der Waals surface area contributed by atoms with E-state index in [-0.39, 0.29) is 12.0 Å². The van der Waals surface area contributed by atoms with Crippen LogP contribution in [-0.2, 0) is 11.2 Å². The van der Waals surface area contributed by atoms with E-state index in [1.54, 1.807) is 26.4 Å². The first kappa shape index (κ1) is 16.9. The Hall–Kier alpha value is -2.53. The molecular formula is C21H23NO4. The second kappa shape index (κ2) is 7.00. The summed E-state index contributed by atoms with van der Waals surface area (Å²) < 4.78 is 16.5. The summed E-state index contributed by atoms with van der Waals surface area (Å²) in [5.41, 5.74) is 3.16. The highest BCUT2D eigenvalue weighted by atomic mass is 16.5. The van der Waals surface area contributed by atoms with E-state index in [1.165, 1.54) is 11.1 Å². The molecule has 0 unspecified atom stereocenters. The van der Waals surface area contributed by atoms with Gasteiger partial charge in [-0.25, -0.2) is 4.79 Å². The highest BCUT2D eigenvalue weighted by Gasteiger charge is 2.44. The van der Waals surface area contributed by atoms with Crippen LogP contribution < -0.4 is 9.47 Å². The van der Waals surface area contributed by atoms with Crippen LogP contribution in [0.3, 0.4) is 0 Å². The van der Waals surface area contributed by atoms with Crippen LogP contribution >= 0.6 is 0 Å². The number of esters is 1. The van der Waals surface area contributed by atoms with Crippen molar-refractivity contribution in [3.63, 3.8) is 0 Å². The molecule has 2 atom stereocenters. The standard InChI is InChI=1S/C21H23NO4/c1-24-18-10-15-8-9-22-12-16(20(22)17(15)11-19(18)25-2)13-26-21(23)14-6-4-3-5-7-14/h3-7,10-11,16,20H,8-9,12-13H2,1-2H3/t16-,20-/m1/s1. The predicted octanol–water partition coefficient (Wildman–Crippen LogP) is 3.09. The highest BCUT2D eigenvalue weighted by Crippen LogP contribution is 2.46. The Morgan fingerprint density at radius 3 is 2.58 bits per heavy atom. The summed E-state index contributed by atoms with van der Waals surface area (Å²) in [4.78, 5) is 14.6. The average molecular weight is 353 g/mol. The summed E-state index contributed by atoms with van der Waals surface area (Å²) in [6.45, 7) is 2.42. The second-order valence-corrected chi connectivity index (χ2v) is 6.82. The molecule has 1 saturated heterocycles. The van der Waals surface area contributed by atoms with Crippen molar-refractivity contribution in [2.75, 3.05) is 33.9 Å². The SMILES string of the molecule is COc1cc2c(cc1OC)[C@H]1[C@@H](COC(=O)c3ccccc3)CN1CC2. The van der Waals surface area contributed by atoms with Crippen molar-refractivity contribution >= 4 is 5.97 Å². The van der Waals surface area contributed by atoms with E-state index < -0.39 is 0 Å². The van der Waals surface area contributed by atoms with Crippen molar-refractivity contribution in [2.45, 2.75) is 12.5 Å². The molecule has 0 N–H and O–H groups in total. The Morgan fingerprint density at radius 1 is 1.12 bits per heavy atom. The van der Waals surface area contributed by atoms with Gasteiger partial charge in [0.15, 0.2) is 11.5 Å². The van der Waals surface area contributed by atoms with Crippen LogP contribution in [0.5, 0.6) is 11.5 Å². The summed E-state index contributed by atoms with van der Waals surface area (Å²) in [5, 5.41) is 0. The fourth-order valence-electron chi connectivity index (χ4n) is 4.03. The van der Waals surface area contributed by atoms with Gasteiger partial charge < -0.3 is 14.2 Å². The van der Waals surface area contributed by atoms with Crippen molar-refractivity contribution in [1.29, 1.82) is 0 Å². The molecule has 0 saturated carbocycles. The molecule has 0 aromatic heterocycles. The zero-order valence-electron chi connectivity index (χ0n) is 15.1. The third kappa shape index (κ3) is 2.92. The largest absolute Gasteiger partial charge is 0.493 e. The van der Waals surface area contributed by atoms with Gasteiger partial charge in [-0.3, -0.25) is 4.90 Å². The molecule has 26 heavy (non-hydrogen) atoms. The zero-order valence-corrected chi connectivity index (χ0v) is 15.1. The molecule has 2 heterocycles. The number of rotatable bonds is 5. The molecule has 4 rings (SSSR count). The van der Waals surface area contributed by atoms with Gasteiger partial charge in [0.1, 0.15) is 0 Å². The lowest BCUT2D eigenvalue weighted by atomic mass is 9.78. The molecular weight excluding hydrogens is 330 g/mol. The summed E-state index contributed by atoms with van der Waals surface area (Å²) in [7, 11) is 3.32. The lowest BCUT2D eigenvalue weighted by Crippen LogP contribution is -2.54. The summed E-state index contributed by atoms with van der Waals surface area (Å²) in [5.74, 6) is 1.57. The number of nitrogens with zero attached hydrogens (tertiary/aromatic N) is 1. The minimum atomic E-state index is -0.257. The van der Waals surface area contributed by atoms with Crippen LogP contribution in [0.1, 0.15) is 27.5 Å². The summed E-state index contributed by atoms with van der Waals surface area (Å²) in [6, 6.07) is 13.6. The summed E-state index contributed by atoms with van der Waals surface area (Å²) in [6.07, 6.45) is 1.00. The topological polar surface area (TPSA) is 48.0 Å². The molecule has 2 aliphatic heterocycles. The number of ether oxygens (including phenoxy) is 3. The zero-order chi connectivity index (χ0) is 18.1. The third-order valence-corrected chi connectivity index (χ3v) is 5.38. The Bertz CT molecular complexity index is 805. The van der Waals surface area contributed by atoms with E-state index >= 15 is 0 Å². The fraction of sp³-hybridized carbons (Fsp3) is 0.381. The van der Waals surface area contributed by atoms with Crippen LogP contribution in [-0.4, -0.2) is 44.8 Å². The van der Waals surface area contributed by atoms with E-state index in [1.807, 2.05) is 18.2 Å². The number of hydrogen-bond donors (Lipinski definition) is 0. The van der Waals surface area contributed by atoms with Crippen molar-refractivity contribution < 1.29 is 19.0 Å². The van der Waals surface area contributed by atoms with Crippen molar-refractivity contribution in [2.24, 2.45) is 5.92 Å². The molecule has 5 nitrogen and oxygen atoms in total. The highest BCUT2D eigenvalue weighted by molar-refractivity contribution is 5.89. The van der Waals surface area contributed by atoms with E-state index in [9.17, 15) is 4.79 Å². The fourth-order valence-corrected chi connectivity index (χ4v) is 4.03. The van der Waals surface area contributed by atoms with Crippen molar-refractivity contribution in [1.82, 2.24) is 4.90 Å². The molecule has 2 aromatic rings. The number of hydrogen-bond acceptors (Lipinski definition) is 5. The quantitative estimate of drug-likeness (QED) is 0.773. The van der Waals surface area contributed by atoms with Crippen molar-refractivity contribution in [3.8, 4) is 11.5 Å². The molecule has 1 fully saturated rings. The monoisotopic (exact) mass is 353 g/mol. The van der Waals surface area contributed by atoms with Gasteiger partial charge in [-0.05, 0) is 41.8 Å². The summed E-state index contributed by atoms with van der Waals surface area (Å²) >= 11 is 0. The van der Waals surface area contributed by atoms with E-state index in [0.29, 0.717) is 18.1 Å². The Kier molecular flexibility index (Phi) is 4.55. The maximum Gasteiger partial charge on any atom is 0.338 e. The van der Waals surface area contributed by atoms with Gasteiger partial charge in [0.05, 0.1) is 26.4 Å². The average Bonchev–Trinajstić information content (AvgIpc) is 2.67. The van der Waals surface area contributed by atoms with Gasteiger partial charge in [-0.1, -0.05) is 18.2 Å². The van der Waals surface area contributed by atoms with Crippen LogP contribution in [0, 0.1) is 5.92 Å². The number of benzene rings is 2. The van der Waals surface area contributed by atoms with Gasteiger partial charge in [-0.15, -0.1) is 0 Å². The van der Waals surface area contributed by atoms with Gasteiger partial charge in [0.25, 0.3) is 0 Å². The first-order valence-corrected chi connectivity index (χ1v) is 8.92. The normalized spacial score (nSPS) is 21.2. The lowest BCUT2D eigenvalue weighted by Gasteiger charge is -2.51. The third-order valence-electron chi connectivity index (χ3n) is 5.38. The first-order valence-electron chi connectivity index (χ1n) is 8.92. The molecule has 0 amide bonds. The minimum absolute atomic E-state index is 0.257. The van der Waals surface area contributed by atoms with Gasteiger partial charge in [-0.2, -0.15) is 0 Å². The molecule has 0 aliphatic carbocycles. The smallest absolute Gasteiger partial charge is 0.338 e. The van der Waals surface area contributed by atoms with Gasteiger partial charge in [0.2, 0.25) is 0 Å². The Morgan fingerprint density at radius 2 is 1.85 bits per heavy atom. The number of carbonyl (C=O) groups excluding carboxylic acids is 1. The Balaban J connectivity index is 1.49. The maximum atomic E-state index is 12.2. The van der Waals surface area contributed by atoms with E-state index in [4.69, 9.17) is 14.2 Å². The molecule has 2 aliphatic rings. The molecule has 0 bridgehead atoms. The number of methoxy groups -OCH3 is 2. The van der Waals surface area contributed by atoms with Crippen LogP contribution in [0.25, 0.3) is 0 Å². The van der Waals surface area contributed by atoms with E-state index in [2.05, 4.69) is 17.0 Å². The molecule has 0 radical (unpaired) electrons. The number of fused-ring (bicyclic) bond motifs is 3. The molecule has 5 heteroatoms. The number of carbonyl (C=O) groups is 1. The second-order valence-electron chi connectivity index (χ2n) is 6.82. The van der Waals surface area contributed by atoms with Crippen LogP contribution in [0.2, 0.25) is 0 Å². The van der Waals surface area contributed by atoms with Crippen LogP contribution in [0.4, 0.5) is 0 Å². The van der Waals surface area contributed by atoms with Gasteiger partial charge in [0, 0.05) is 25.0 Å². The molecule has 136 valence electrons. The minimum Gasteiger partial charge on any atom is -0.493 e. The molecule has 0 spiro atoms. The van der Waals surface area contributed by atoms with E-state index in [0.717, 1.165) is 31.0 Å². The van der Waals surface area contributed by atoms with Crippen molar-refractivity contribution in [3.05, 3.63) is 59.2 Å². The maximum absolute atomic E-state index is 12.2. The van der Waals surface area contributed by atoms with Gasteiger partial charge >= 0.3 is 5.97 Å². The predicted molar refractivity (Wildman–Crippen MR) is 97.8 cm³/mol. The lowest BCUT2D eigenvalue weighted by molar-refractivity contribution is -0.0357. The van der Waals surface area contributed by atoms with Crippen LogP contribution in [0.15, 0.2) is 42.5 Å².